The van der Waals surface area contributed by atoms with Crippen molar-refractivity contribution in [2.75, 3.05) is 32.1 Å². The van der Waals surface area contributed by atoms with Gasteiger partial charge in [-0.25, -0.2) is 4.39 Å². The normalized spacial score (nSPS) is 10.7. The number of amides is 1. The minimum Gasteiger partial charge on any atom is -0.492 e. The molecule has 6 nitrogen and oxygen atoms in total. The lowest BCUT2D eigenvalue weighted by molar-refractivity contribution is -0.117. The average Bonchev–Trinajstić information content (AvgIpc) is 2.86. The van der Waals surface area contributed by atoms with Gasteiger partial charge in [-0.3, -0.25) is 9.69 Å². The molecule has 2 rings (SSSR count). The smallest absolute Gasteiger partial charge is 0.239 e. The molecule has 0 radical (unpaired) electrons. The highest BCUT2D eigenvalue weighted by atomic mass is 19.1. The summed E-state index contributed by atoms with van der Waals surface area (Å²) < 4.78 is 23.1. The second-order valence-corrected chi connectivity index (χ2v) is 4.91. The monoisotopic (exact) mass is 307 g/mol. The Morgan fingerprint density at radius 2 is 2.14 bits per heavy atom. The zero-order valence-corrected chi connectivity index (χ0v) is 12.5. The predicted molar refractivity (Wildman–Crippen MR) is 79.3 cm³/mol. The van der Waals surface area contributed by atoms with Crippen LogP contribution < -0.4 is 10.1 Å². The van der Waals surface area contributed by atoms with Crippen LogP contribution in [0.15, 0.2) is 34.9 Å². The SMILES string of the molecule is Cc1cc(NC(=O)CN(C)CCOc2ccc(F)cc2)no1. The molecule has 2 aromatic rings. The number of nitrogens with one attached hydrogen (secondary N) is 1. The molecule has 7 heteroatoms. The molecule has 1 aromatic carbocycles. The van der Waals surface area contributed by atoms with E-state index in [4.69, 9.17) is 9.26 Å². The number of aryl methyl sites for hydroxylation is 1. The van der Waals surface area contributed by atoms with Crippen molar-refractivity contribution in [3.63, 3.8) is 0 Å². The van der Waals surface area contributed by atoms with Crippen molar-refractivity contribution in [3.8, 4) is 5.75 Å². The van der Waals surface area contributed by atoms with E-state index in [2.05, 4.69) is 10.5 Å². The van der Waals surface area contributed by atoms with E-state index < -0.39 is 0 Å². The lowest BCUT2D eigenvalue weighted by Gasteiger charge is -2.16. The fraction of sp³-hybridized carbons (Fsp3) is 0.333. The molecule has 0 atom stereocenters. The largest absolute Gasteiger partial charge is 0.492 e. The minimum atomic E-state index is -0.302. The number of nitrogens with zero attached hydrogens (tertiary/aromatic N) is 2. The molecule has 1 N–H and O–H groups in total. The third-order valence-corrected chi connectivity index (χ3v) is 2.86. The van der Waals surface area contributed by atoms with Gasteiger partial charge in [0.05, 0.1) is 6.54 Å². The summed E-state index contributed by atoms with van der Waals surface area (Å²) >= 11 is 0. The second kappa shape index (κ2) is 7.56. The van der Waals surface area contributed by atoms with Crippen LogP contribution in [0.2, 0.25) is 0 Å². The number of benzene rings is 1. The van der Waals surface area contributed by atoms with Crippen molar-refractivity contribution in [2.24, 2.45) is 0 Å². The van der Waals surface area contributed by atoms with Gasteiger partial charge in [-0.05, 0) is 38.2 Å². The van der Waals surface area contributed by atoms with Gasteiger partial charge >= 0.3 is 0 Å². The molecule has 1 amide bonds. The Morgan fingerprint density at radius 3 is 2.77 bits per heavy atom. The number of likely N-dealkylation sites (N-methyl/N-ethyl adjacent to an activating group) is 1. The van der Waals surface area contributed by atoms with Gasteiger partial charge < -0.3 is 14.6 Å². The van der Waals surface area contributed by atoms with Gasteiger partial charge in [-0.15, -0.1) is 0 Å². The maximum Gasteiger partial charge on any atom is 0.239 e. The van der Waals surface area contributed by atoms with Gasteiger partial charge in [-0.2, -0.15) is 0 Å². The molecule has 0 aliphatic carbocycles. The molecule has 22 heavy (non-hydrogen) atoms. The fourth-order valence-corrected chi connectivity index (χ4v) is 1.78. The Morgan fingerprint density at radius 1 is 1.41 bits per heavy atom. The van der Waals surface area contributed by atoms with E-state index in [0.29, 0.717) is 30.5 Å². The van der Waals surface area contributed by atoms with Crippen LogP contribution >= 0.6 is 0 Å². The van der Waals surface area contributed by atoms with Crippen LogP contribution in [-0.4, -0.2) is 42.7 Å². The number of ether oxygens (including phenoxy) is 1. The highest BCUT2D eigenvalue weighted by Crippen LogP contribution is 2.11. The first kappa shape index (κ1) is 16.0. The van der Waals surface area contributed by atoms with Crippen molar-refractivity contribution in [2.45, 2.75) is 6.92 Å². The molecule has 0 unspecified atom stereocenters. The molecule has 0 spiro atoms. The first-order valence-electron chi connectivity index (χ1n) is 6.83. The van der Waals surface area contributed by atoms with Crippen LogP contribution in [0.3, 0.4) is 0 Å². The molecule has 118 valence electrons. The van der Waals surface area contributed by atoms with Crippen LogP contribution in [0.25, 0.3) is 0 Å². The molecule has 0 aliphatic rings. The first-order chi connectivity index (χ1) is 10.5. The number of carbonyl (C=O) groups excluding carboxylic acids is 1. The molecule has 1 heterocycles. The van der Waals surface area contributed by atoms with Crippen molar-refractivity contribution < 1.29 is 18.4 Å². The first-order valence-corrected chi connectivity index (χ1v) is 6.83. The number of halogens is 1. The number of anilines is 1. The van der Waals surface area contributed by atoms with E-state index in [1.165, 1.54) is 12.1 Å². The Labute approximate surface area is 127 Å². The number of aromatic nitrogens is 1. The van der Waals surface area contributed by atoms with Crippen molar-refractivity contribution in [1.29, 1.82) is 0 Å². The van der Waals surface area contributed by atoms with Gasteiger partial charge in [0.15, 0.2) is 5.82 Å². The summed E-state index contributed by atoms with van der Waals surface area (Å²) in [5.74, 6) is 1.15. The standard InChI is InChI=1S/C15H18FN3O3/c1-11-9-14(18-22-11)17-15(20)10-19(2)7-8-21-13-5-3-12(16)4-6-13/h3-6,9H,7-8,10H2,1-2H3,(H,17,18,20). The lowest BCUT2D eigenvalue weighted by atomic mass is 10.3. The van der Waals surface area contributed by atoms with Crippen LogP contribution in [-0.2, 0) is 4.79 Å². The number of rotatable bonds is 7. The summed E-state index contributed by atoms with van der Waals surface area (Å²) in [6.07, 6.45) is 0. The molecule has 0 aliphatic heterocycles. The van der Waals surface area contributed by atoms with Crippen molar-refractivity contribution in [1.82, 2.24) is 10.1 Å². The Balaban J connectivity index is 1.67. The summed E-state index contributed by atoms with van der Waals surface area (Å²) in [6.45, 7) is 2.92. The van der Waals surface area contributed by atoms with E-state index in [1.54, 1.807) is 25.1 Å². The molecule has 0 saturated heterocycles. The van der Waals surface area contributed by atoms with E-state index in [9.17, 15) is 9.18 Å². The topological polar surface area (TPSA) is 67.6 Å². The highest BCUT2D eigenvalue weighted by molar-refractivity contribution is 5.91. The van der Waals surface area contributed by atoms with Crippen LogP contribution in [0.1, 0.15) is 5.76 Å². The fourth-order valence-electron chi connectivity index (χ4n) is 1.78. The molecule has 1 aromatic heterocycles. The predicted octanol–water partition coefficient (Wildman–Crippen LogP) is 2.07. The number of hydrogen-bond donors (Lipinski definition) is 1. The van der Waals surface area contributed by atoms with E-state index in [-0.39, 0.29) is 18.3 Å². The quantitative estimate of drug-likeness (QED) is 0.848. The molecular weight excluding hydrogens is 289 g/mol. The number of hydrogen-bond acceptors (Lipinski definition) is 5. The molecule has 0 saturated carbocycles. The van der Waals surface area contributed by atoms with Crippen molar-refractivity contribution >= 4 is 11.7 Å². The average molecular weight is 307 g/mol. The summed E-state index contributed by atoms with van der Waals surface area (Å²) in [4.78, 5) is 13.6. The van der Waals surface area contributed by atoms with Crippen LogP contribution in [0, 0.1) is 12.7 Å². The molecule has 0 bridgehead atoms. The van der Waals surface area contributed by atoms with E-state index in [1.807, 2.05) is 11.9 Å². The summed E-state index contributed by atoms with van der Waals surface area (Å²) in [5.41, 5.74) is 0. The Kier molecular flexibility index (Phi) is 5.48. The highest BCUT2D eigenvalue weighted by Gasteiger charge is 2.09. The minimum absolute atomic E-state index is 0.183. The van der Waals surface area contributed by atoms with Gasteiger partial charge in [-0.1, -0.05) is 5.16 Å². The zero-order chi connectivity index (χ0) is 15.9. The molecule has 0 fully saturated rings. The van der Waals surface area contributed by atoms with E-state index >= 15 is 0 Å². The second-order valence-electron chi connectivity index (χ2n) is 4.91. The summed E-state index contributed by atoms with van der Waals surface area (Å²) in [7, 11) is 1.81. The van der Waals surface area contributed by atoms with Crippen molar-refractivity contribution in [3.05, 3.63) is 41.9 Å². The van der Waals surface area contributed by atoms with Gasteiger partial charge in [0.2, 0.25) is 5.91 Å². The molecular formula is C15H18FN3O3. The lowest BCUT2D eigenvalue weighted by Crippen LogP contribution is -2.33. The van der Waals surface area contributed by atoms with Gasteiger partial charge in [0, 0.05) is 12.6 Å². The van der Waals surface area contributed by atoms with E-state index in [0.717, 1.165) is 0 Å². The Bertz CT molecular complexity index is 613. The number of carbonyl (C=O) groups is 1. The third-order valence-electron chi connectivity index (χ3n) is 2.86. The van der Waals surface area contributed by atoms with Gasteiger partial charge in [0.1, 0.15) is 23.9 Å². The maximum atomic E-state index is 12.7. The van der Waals surface area contributed by atoms with Crippen LogP contribution in [0.4, 0.5) is 10.2 Å². The summed E-state index contributed by atoms with van der Waals surface area (Å²) in [6, 6.07) is 7.46. The maximum absolute atomic E-state index is 12.7. The third kappa shape index (κ3) is 5.17. The van der Waals surface area contributed by atoms with Crippen LogP contribution in [0.5, 0.6) is 5.75 Å². The Hall–Kier alpha value is -2.41. The van der Waals surface area contributed by atoms with Gasteiger partial charge in [0.25, 0.3) is 0 Å². The summed E-state index contributed by atoms with van der Waals surface area (Å²) in [5, 5.41) is 6.33. The zero-order valence-electron chi connectivity index (χ0n) is 12.5.